The third kappa shape index (κ3) is 4.05. The molecule has 1 atom stereocenters. The SMILES string of the molecule is CC1CN(Cc2ccccc2)CCC1=NCc1ccccc1. The molecule has 1 heterocycles. The molecule has 2 heteroatoms. The van der Waals surface area contributed by atoms with Crippen molar-refractivity contribution in [2.24, 2.45) is 10.9 Å². The van der Waals surface area contributed by atoms with Gasteiger partial charge in [0, 0.05) is 31.3 Å². The molecular weight excluding hydrogens is 268 g/mol. The fraction of sp³-hybridized carbons (Fsp3) is 0.350. The van der Waals surface area contributed by atoms with Crippen LogP contribution in [-0.4, -0.2) is 23.7 Å². The van der Waals surface area contributed by atoms with Crippen molar-refractivity contribution < 1.29 is 0 Å². The Labute approximate surface area is 133 Å². The summed E-state index contributed by atoms with van der Waals surface area (Å²) >= 11 is 0. The minimum Gasteiger partial charge on any atom is -0.298 e. The second-order valence-electron chi connectivity index (χ2n) is 6.16. The standard InChI is InChI=1S/C20H24N2/c1-17-15-22(16-19-10-6-3-7-11-19)13-12-20(17)21-14-18-8-4-2-5-9-18/h2-11,17H,12-16H2,1H3. The van der Waals surface area contributed by atoms with Crippen LogP contribution in [0.1, 0.15) is 24.5 Å². The number of hydrogen-bond acceptors (Lipinski definition) is 2. The average molecular weight is 292 g/mol. The summed E-state index contributed by atoms with van der Waals surface area (Å²) in [4.78, 5) is 7.41. The van der Waals surface area contributed by atoms with E-state index in [1.165, 1.54) is 16.8 Å². The quantitative estimate of drug-likeness (QED) is 0.826. The number of rotatable bonds is 4. The first kappa shape index (κ1) is 15.0. The second kappa shape index (κ2) is 7.37. The van der Waals surface area contributed by atoms with E-state index in [4.69, 9.17) is 4.99 Å². The van der Waals surface area contributed by atoms with Crippen LogP contribution in [0.15, 0.2) is 65.7 Å². The van der Waals surface area contributed by atoms with E-state index >= 15 is 0 Å². The lowest BCUT2D eigenvalue weighted by Crippen LogP contribution is -2.39. The molecule has 0 saturated carbocycles. The third-order valence-corrected chi connectivity index (χ3v) is 4.34. The van der Waals surface area contributed by atoms with Gasteiger partial charge in [-0.1, -0.05) is 67.6 Å². The van der Waals surface area contributed by atoms with Crippen LogP contribution in [0.3, 0.4) is 0 Å². The van der Waals surface area contributed by atoms with Gasteiger partial charge in [-0.05, 0) is 17.5 Å². The smallest absolute Gasteiger partial charge is 0.0639 e. The van der Waals surface area contributed by atoms with Crippen molar-refractivity contribution in [3.63, 3.8) is 0 Å². The number of piperidine rings is 1. The Hall–Kier alpha value is -1.93. The van der Waals surface area contributed by atoms with E-state index < -0.39 is 0 Å². The van der Waals surface area contributed by atoms with E-state index in [1.807, 2.05) is 0 Å². The van der Waals surface area contributed by atoms with E-state index in [0.717, 1.165) is 32.6 Å². The number of benzene rings is 2. The lowest BCUT2D eigenvalue weighted by molar-refractivity contribution is 0.237. The van der Waals surface area contributed by atoms with Crippen LogP contribution in [0.4, 0.5) is 0 Å². The van der Waals surface area contributed by atoms with Crippen LogP contribution >= 0.6 is 0 Å². The first-order valence-corrected chi connectivity index (χ1v) is 8.14. The zero-order valence-corrected chi connectivity index (χ0v) is 13.3. The van der Waals surface area contributed by atoms with Crippen LogP contribution in [-0.2, 0) is 13.1 Å². The highest BCUT2D eigenvalue weighted by Crippen LogP contribution is 2.17. The molecule has 2 nitrogen and oxygen atoms in total. The minimum atomic E-state index is 0.557. The molecule has 0 spiro atoms. The molecule has 2 aromatic rings. The Morgan fingerprint density at radius 2 is 1.59 bits per heavy atom. The third-order valence-electron chi connectivity index (χ3n) is 4.34. The van der Waals surface area contributed by atoms with Crippen LogP contribution in [0.2, 0.25) is 0 Å². The number of aliphatic imine (C=N–C) groups is 1. The van der Waals surface area contributed by atoms with Gasteiger partial charge in [0.2, 0.25) is 0 Å². The molecule has 0 bridgehead atoms. The van der Waals surface area contributed by atoms with Crippen LogP contribution in [0, 0.1) is 5.92 Å². The molecule has 0 aliphatic carbocycles. The highest BCUT2D eigenvalue weighted by atomic mass is 15.1. The largest absolute Gasteiger partial charge is 0.298 e. The zero-order valence-electron chi connectivity index (χ0n) is 13.3. The van der Waals surface area contributed by atoms with Crippen molar-refractivity contribution in [1.29, 1.82) is 0 Å². The van der Waals surface area contributed by atoms with Gasteiger partial charge in [0.25, 0.3) is 0 Å². The van der Waals surface area contributed by atoms with Crippen LogP contribution in [0.25, 0.3) is 0 Å². The van der Waals surface area contributed by atoms with Gasteiger partial charge >= 0.3 is 0 Å². The molecule has 0 amide bonds. The molecule has 0 N–H and O–H groups in total. The second-order valence-corrected chi connectivity index (χ2v) is 6.16. The van der Waals surface area contributed by atoms with Crippen molar-refractivity contribution >= 4 is 5.71 Å². The van der Waals surface area contributed by atoms with E-state index in [2.05, 4.69) is 72.5 Å². The van der Waals surface area contributed by atoms with Crippen molar-refractivity contribution in [2.75, 3.05) is 13.1 Å². The monoisotopic (exact) mass is 292 g/mol. The summed E-state index contributed by atoms with van der Waals surface area (Å²) in [7, 11) is 0. The highest BCUT2D eigenvalue weighted by molar-refractivity contribution is 5.87. The molecule has 1 aliphatic heterocycles. The van der Waals surface area contributed by atoms with Crippen molar-refractivity contribution in [3.05, 3.63) is 71.8 Å². The molecule has 114 valence electrons. The fourth-order valence-electron chi connectivity index (χ4n) is 3.10. The van der Waals surface area contributed by atoms with Gasteiger partial charge in [-0.2, -0.15) is 0 Å². The molecule has 1 saturated heterocycles. The van der Waals surface area contributed by atoms with Crippen LogP contribution in [0.5, 0.6) is 0 Å². The predicted molar refractivity (Wildman–Crippen MR) is 93.1 cm³/mol. The molecule has 0 aromatic heterocycles. The molecule has 22 heavy (non-hydrogen) atoms. The minimum absolute atomic E-state index is 0.557. The highest BCUT2D eigenvalue weighted by Gasteiger charge is 2.21. The van der Waals surface area contributed by atoms with Gasteiger partial charge < -0.3 is 0 Å². The molecule has 3 rings (SSSR count). The fourth-order valence-corrected chi connectivity index (χ4v) is 3.10. The Bertz CT molecular complexity index is 604. The van der Waals surface area contributed by atoms with Gasteiger partial charge in [0.15, 0.2) is 0 Å². The van der Waals surface area contributed by atoms with Crippen LogP contribution < -0.4 is 0 Å². The first-order chi connectivity index (χ1) is 10.8. The molecule has 0 radical (unpaired) electrons. The lowest BCUT2D eigenvalue weighted by Gasteiger charge is -2.32. The van der Waals surface area contributed by atoms with Crippen molar-refractivity contribution in [2.45, 2.75) is 26.4 Å². The van der Waals surface area contributed by atoms with Crippen molar-refractivity contribution in [3.8, 4) is 0 Å². The summed E-state index contributed by atoms with van der Waals surface area (Å²) < 4.78 is 0. The first-order valence-electron chi connectivity index (χ1n) is 8.14. The zero-order chi connectivity index (χ0) is 15.2. The maximum absolute atomic E-state index is 4.87. The van der Waals surface area contributed by atoms with Gasteiger partial charge in [-0.25, -0.2) is 0 Å². The summed E-state index contributed by atoms with van der Waals surface area (Å²) in [6.45, 7) is 6.41. The summed E-state index contributed by atoms with van der Waals surface area (Å²) in [6.07, 6.45) is 1.10. The number of nitrogens with zero attached hydrogens (tertiary/aromatic N) is 2. The summed E-state index contributed by atoms with van der Waals surface area (Å²) in [5.74, 6) is 0.557. The van der Waals surface area contributed by atoms with E-state index in [0.29, 0.717) is 5.92 Å². The van der Waals surface area contributed by atoms with Gasteiger partial charge in [0.05, 0.1) is 6.54 Å². The van der Waals surface area contributed by atoms with E-state index in [1.54, 1.807) is 0 Å². The molecule has 2 aromatic carbocycles. The molecular formula is C20H24N2. The summed E-state index contributed by atoms with van der Waals surface area (Å²) in [5.41, 5.74) is 4.08. The summed E-state index contributed by atoms with van der Waals surface area (Å²) in [5, 5.41) is 0. The Balaban J connectivity index is 1.56. The van der Waals surface area contributed by atoms with Gasteiger partial charge in [-0.15, -0.1) is 0 Å². The van der Waals surface area contributed by atoms with Crippen molar-refractivity contribution in [1.82, 2.24) is 4.90 Å². The average Bonchev–Trinajstić information content (AvgIpc) is 2.56. The molecule has 1 unspecified atom stereocenters. The normalized spacial score (nSPS) is 21.1. The number of hydrogen-bond donors (Lipinski definition) is 0. The topological polar surface area (TPSA) is 15.6 Å². The predicted octanol–water partition coefficient (Wildman–Crippen LogP) is 4.17. The maximum atomic E-state index is 4.87. The lowest BCUT2D eigenvalue weighted by atomic mass is 9.96. The Morgan fingerprint density at radius 1 is 0.955 bits per heavy atom. The Morgan fingerprint density at radius 3 is 2.23 bits per heavy atom. The molecule has 1 aliphatic rings. The van der Waals surface area contributed by atoms with E-state index in [9.17, 15) is 0 Å². The van der Waals surface area contributed by atoms with Gasteiger partial charge in [0.1, 0.15) is 0 Å². The molecule has 1 fully saturated rings. The maximum Gasteiger partial charge on any atom is 0.0639 e. The van der Waals surface area contributed by atoms with E-state index in [-0.39, 0.29) is 0 Å². The van der Waals surface area contributed by atoms with Gasteiger partial charge in [-0.3, -0.25) is 9.89 Å². The summed E-state index contributed by atoms with van der Waals surface area (Å²) in [6, 6.07) is 21.3. The number of likely N-dealkylation sites (tertiary alicyclic amines) is 1. The Kier molecular flexibility index (Phi) is 5.02.